The largest absolute Gasteiger partial charge is 0.354 e. The van der Waals surface area contributed by atoms with Crippen LogP contribution in [-0.2, 0) is 16.0 Å². The summed E-state index contributed by atoms with van der Waals surface area (Å²) >= 11 is 5.96. The minimum atomic E-state index is -0.111. The highest BCUT2D eigenvalue weighted by Crippen LogP contribution is 2.15. The summed E-state index contributed by atoms with van der Waals surface area (Å²) in [5.74, 6) is -0.132. The van der Waals surface area contributed by atoms with Crippen LogP contribution in [0.2, 0.25) is 5.02 Å². The molecular weight excluding hydrogens is 240 g/mol. The smallest absolute Gasteiger partial charge is 0.224 e. The van der Waals surface area contributed by atoms with Gasteiger partial charge in [-0.05, 0) is 11.6 Å². The highest BCUT2D eigenvalue weighted by Gasteiger charge is 2.22. The van der Waals surface area contributed by atoms with Gasteiger partial charge >= 0.3 is 0 Å². The predicted molar refractivity (Wildman–Crippen MR) is 64.7 cm³/mol. The van der Waals surface area contributed by atoms with Crippen LogP contribution < -0.4 is 10.6 Å². The van der Waals surface area contributed by atoms with E-state index in [1.54, 1.807) is 6.07 Å². The molecule has 0 bridgehead atoms. The van der Waals surface area contributed by atoms with Crippen LogP contribution in [0.4, 0.5) is 0 Å². The first-order valence-corrected chi connectivity index (χ1v) is 5.82. The fourth-order valence-corrected chi connectivity index (χ4v) is 2.00. The Labute approximate surface area is 104 Å². The average molecular weight is 253 g/mol. The molecule has 90 valence electrons. The highest BCUT2D eigenvalue weighted by molar-refractivity contribution is 6.31. The van der Waals surface area contributed by atoms with Crippen LogP contribution in [0.25, 0.3) is 0 Å². The molecule has 1 aliphatic rings. The molecule has 0 spiro atoms. The zero-order valence-corrected chi connectivity index (χ0v) is 9.96. The summed E-state index contributed by atoms with van der Waals surface area (Å²) in [5.41, 5.74) is 0.795. The van der Waals surface area contributed by atoms with E-state index in [-0.39, 0.29) is 24.3 Å². The van der Waals surface area contributed by atoms with E-state index in [1.165, 1.54) is 0 Å². The molecule has 1 aliphatic heterocycles. The molecule has 1 heterocycles. The Bertz CT molecular complexity index is 448. The Balaban J connectivity index is 1.89. The van der Waals surface area contributed by atoms with Crippen molar-refractivity contribution in [3.63, 3.8) is 0 Å². The number of nitrogens with one attached hydrogen (secondary N) is 2. The van der Waals surface area contributed by atoms with Crippen molar-refractivity contribution < 1.29 is 9.59 Å². The summed E-state index contributed by atoms with van der Waals surface area (Å²) in [6.07, 6.45) is 0.596. The van der Waals surface area contributed by atoms with Crippen LogP contribution in [0, 0.1) is 0 Å². The van der Waals surface area contributed by atoms with Crippen LogP contribution in [0.3, 0.4) is 0 Å². The minimum Gasteiger partial charge on any atom is -0.354 e. The normalized spacial score (nSPS) is 18.9. The Kier molecular flexibility index (Phi) is 3.64. The van der Waals surface area contributed by atoms with Crippen LogP contribution >= 0.6 is 11.6 Å². The Morgan fingerprint density at radius 3 is 2.88 bits per heavy atom. The second-order valence-corrected chi connectivity index (χ2v) is 4.45. The van der Waals surface area contributed by atoms with E-state index in [1.807, 2.05) is 18.2 Å². The van der Waals surface area contributed by atoms with E-state index in [2.05, 4.69) is 10.6 Å². The molecular formula is C12H13ClN2O2. The van der Waals surface area contributed by atoms with Crippen molar-refractivity contribution in [2.24, 2.45) is 0 Å². The number of rotatable bonds is 3. The van der Waals surface area contributed by atoms with Gasteiger partial charge < -0.3 is 10.6 Å². The standard InChI is InChI=1S/C12H13ClN2O2/c13-10-4-2-1-3-8(10)5-12(17)15-9-6-11(16)14-7-9/h1-4,9H,5-7H2,(H,14,16)(H,15,17). The average Bonchev–Trinajstić information content (AvgIpc) is 2.67. The monoisotopic (exact) mass is 252 g/mol. The van der Waals surface area contributed by atoms with Crippen LogP contribution in [0.5, 0.6) is 0 Å². The summed E-state index contributed by atoms with van der Waals surface area (Å²) in [6.45, 7) is 0.507. The molecule has 5 heteroatoms. The number of carbonyl (C=O) groups excluding carboxylic acids is 2. The van der Waals surface area contributed by atoms with Crippen molar-refractivity contribution in [1.29, 1.82) is 0 Å². The summed E-state index contributed by atoms with van der Waals surface area (Å²) in [5, 5.41) is 6.06. The maximum absolute atomic E-state index is 11.7. The van der Waals surface area contributed by atoms with Gasteiger partial charge in [0, 0.05) is 18.0 Å². The van der Waals surface area contributed by atoms with Gasteiger partial charge in [-0.25, -0.2) is 0 Å². The van der Waals surface area contributed by atoms with E-state index in [0.29, 0.717) is 18.0 Å². The second kappa shape index (κ2) is 5.19. The fourth-order valence-electron chi connectivity index (χ4n) is 1.80. The van der Waals surface area contributed by atoms with Crippen molar-refractivity contribution >= 4 is 23.4 Å². The first-order valence-electron chi connectivity index (χ1n) is 5.44. The fraction of sp³-hybridized carbons (Fsp3) is 0.333. The Hall–Kier alpha value is -1.55. The Morgan fingerprint density at radius 1 is 1.47 bits per heavy atom. The number of halogens is 1. The quantitative estimate of drug-likeness (QED) is 0.839. The number of hydrogen-bond acceptors (Lipinski definition) is 2. The topological polar surface area (TPSA) is 58.2 Å². The van der Waals surface area contributed by atoms with Gasteiger partial charge in [-0.2, -0.15) is 0 Å². The lowest BCUT2D eigenvalue weighted by molar-refractivity contribution is -0.121. The van der Waals surface area contributed by atoms with Crippen molar-refractivity contribution in [2.45, 2.75) is 18.9 Å². The SMILES string of the molecule is O=C1CC(NC(=O)Cc2ccccc2Cl)CN1. The third-order valence-electron chi connectivity index (χ3n) is 2.65. The molecule has 1 unspecified atom stereocenters. The molecule has 0 aromatic heterocycles. The van der Waals surface area contributed by atoms with Crippen molar-refractivity contribution in [3.8, 4) is 0 Å². The van der Waals surface area contributed by atoms with Crippen molar-refractivity contribution in [3.05, 3.63) is 34.9 Å². The molecule has 0 saturated carbocycles. The van der Waals surface area contributed by atoms with Gasteiger partial charge in [0.15, 0.2) is 0 Å². The molecule has 1 saturated heterocycles. The summed E-state index contributed by atoms with van der Waals surface area (Å²) in [4.78, 5) is 22.7. The summed E-state index contributed by atoms with van der Waals surface area (Å²) < 4.78 is 0. The highest BCUT2D eigenvalue weighted by atomic mass is 35.5. The summed E-state index contributed by atoms with van der Waals surface area (Å²) in [6, 6.07) is 7.14. The third-order valence-corrected chi connectivity index (χ3v) is 3.02. The molecule has 2 N–H and O–H groups in total. The molecule has 2 rings (SSSR count). The van der Waals surface area contributed by atoms with E-state index >= 15 is 0 Å². The lowest BCUT2D eigenvalue weighted by Gasteiger charge is -2.10. The van der Waals surface area contributed by atoms with Gasteiger partial charge in [0.1, 0.15) is 0 Å². The first kappa shape index (κ1) is 11.9. The molecule has 4 nitrogen and oxygen atoms in total. The third kappa shape index (κ3) is 3.20. The molecule has 0 radical (unpaired) electrons. The van der Waals surface area contributed by atoms with Crippen LogP contribution in [0.15, 0.2) is 24.3 Å². The van der Waals surface area contributed by atoms with Crippen LogP contribution in [0.1, 0.15) is 12.0 Å². The van der Waals surface area contributed by atoms with E-state index in [9.17, 15) is 9.59 Å². The van der Waals surface area contributed by atoms with Gasteiger partial charge in [-0.1, -0.05) is 29.8 Å². The lowest BCUT2D eigenvalue weighted by Crippen LogP contribution is -2.37. The lowest BCUT2D eigenvalue weighted by atomic mass is 10.1. The molecule has 1 aromatic carbocycles. The van der Waals surface area contributed by atoms with Gasteiger partial charge in [-0.15, -0.1) is 0 Å². The second-order valence-electron chi connectivity index (χ2n) is 4.04. The van der Waals surface area contributed by atoms with E-state index in [0.717, 1.165) is 5.56 Å². The van der Waals surface area contributed by atoms with Gasteiger partial charge in [-0.3, -0.25) is 9.59 Å². The van der Waals surface area contributed by atoms with Crippen LogP contribution in [-0.4, -0.2) is 24.4 Å². The molecule has 2 amide bonds. The molecule has 1 aromatic rings. The number of amides is 2. The van der Waals surface area contributed by atoms with Crippen molar-refractivity contribution in [2.75, 3.05) is 6.54 Å². The summed E-state index contributed by atoms with van der Waals surface area (Å²) in [7, 11) is 0. The molecule has 1 fully saturated rings. The molecule has 1 atom stereocenters. The number of benzene rings is 1. The van der Waals surface area contributed by atoms with E-state index < -0.39 is 0 Å². The zero-order chi connectivity index (χ0) is 12.3. The van der Waals surface area contributed by atoms with E-state index in [4.69, 9.17) is 11.6 Å². The molecule has 0 aliphatic carbocycles. The van der Waals surface area contributed by atoms with Crippen molar-refractivity contribution in [1.82, 2.24) is 10.6 Å². The predicted octanol–water partition coefficient (Wildman–Crippen LogP) is 0.887. The zero-order valence-electron chi connectivity index (χ0n) is 9.20. The first-order chi connectivity index (χ1) is 8.15. The van der Waals surface area contributed by atoms with Gasteiger partial charge in [0.25, 0.3) is 0 Å². The minimum absolute atomic E-state index is 0.0203. The Morgan fingerprint density at radius 2 is 2.24 bits per heavy atom. The number of hydrogen-bond donors (Lipinski definition) is 2. The number of carbonyl (C=O) groups is 2. The maximum Gasteiger partial charge on any atom is 0.224 e. The van der Waals surface area contributed by atoms with Gasteiger partial charge in [0.2, 0.25) is 11.8 Å². The molecule has 17 heavy (non-hydrogen) atoms. The maximum atomic E-state index is 11.7. The van der Waals surface area contributed by atoms with Gasteiger partial charge in [0.05, 0.1) is 12.5 Å².